The molecule has 0 aliphatic rings. The maximum atomic E-state index is 11.5. The fourth-order valence-electron chi connectivity index (χ4n) is 2.79. The third-order valence-corrected chi connectivity index (χ3v) is 4.20. The Labute approximate surface area is 156 Å². The van der Waals surface area contributed by atoms with Gasteiger partial charge in [-0.25, -0.2) is 10.1 Å². The molecule has 2 atom stereocenters. The standard InChI is InChI=1S/C17H36N6O3/c1-3-4-5-6-7-8-9-10-11-12-20-15(16(18)24)13-14(2)21-17(19)22-23(25)26/h14-15,20H,3-13H2,1-2H3,(H2,18,24)(H3,19,21,22)/t14?,15-/m0/s1. The van der Waals surface area contributed by atoms with E-state index in [2.05, 4.69) is 17.6 Å². The van der Waals surface area contributed by atoms with E-state index >= 15 is 0 Å². The van der Waals surface area contributed by atoms with E-state index in [4.69, 9.17) is 11.1 Å². The first kappa shape index (κ1) is 24.1. The van der Waals surface area contributed by atoms with E-state index < -0.39 is 22.9 Å². The van der Waals surface area contributed by atoms with Gasteiger partial charge in [-0.1, -0.05) is 63.7 Å². The SMILES string of the molecule is CCCCCCCCCCCN[C@@H](CC(C)NC(=N)N[N+](=O)[O-])C(N)=O. The number of nitro groups is 1. The fraction of sp³-hybridized carbons (Fsp3) is 0.882. The van der Waals surface area contributed by atoms with Crippen molar-refractivity contribution in [2.75, 3.05) is 6.54 Å². The van der Waals surface area contributed by atoms with Gasteiger partial charge in [-0.05, 0) is 26.3 Å². The number of hydrogen-bond acceptors (Lipinski definition) is 5. The molecule has 9 nitrogen and oxygen atoms in total. The van der Waals surface area contributed by atoms with Crippen molar-refractivity contribution in [3.63, 3.8) is 0 Å². The van der Waals surface area contributed by atoms with Crippen molar-refractivity contribution in [2.45, 2.75) is 90.1 Å². The van der Waals surface area contributed by atoms with E-state index in [1.807, 2.05) is 0 Å². The summed E-state index contributed by atoms with van der Waals surface area (Å²) in [7, 11) is 0. The smallest absolute Gasteiger partial charge is 0.251 e. The van der Waals surface area contributed by atoms with Crippen molar-refractivity contribution in [1.29, 1.82) is 5.41 Å². The molecule has 0 aliphatic heterocycles. The second-order valence-electron chi connectivity index (χ2n) is 6.76. The molecule has 0 radical (unpaired) electrons. The number of guanidine groups is 1. The predicted octanol–water partition coefficient (Wildman–Crippen LogP) is 2.04. The highest BCUT2D eigenvalue weighted by atomic mass is 16.7. The minimum Gasteiger partial charge on any atom is -0.368 e. The monoisotopic (exact) mass is 372 g/mol. The number of nitrogens with zero attached hydrogens (tertiary/aromatic N) is 1. The Morgan fingerprint density at radius 1 is 1.12 bits per heavy atom. The van der Waals surface area contributed by atoms with Crippen LogP contribution < -0.4 is 21.8 Å². The van der Waals surface area contributed by atoms with Crippen LogP contribution in [-0.2, 0) is 4.79 Å². The highest BCUT2D eigenvalue weighted by Crippen LogP contribution is 2.09. The van der Waals surface area contributed by atoms with Gasteiger partial charge in [0.1, 0.15) is 0 Å². The summed E-state index contributed by atoms with van der Waals surface area (Å²) in [5, 5.41) is 22.6. The molecule has 0 bridgehead atoms. The number of hydrazine groups is 1. The van der Waals surface area contributed by atoms with Crippen LogP contribution in [0.4, 0.5) is 0 Å². The molecular weight excluding hydrogens is 336 g/mol. The normalized spacial score (nSPS) is 13.0. The lowest BCUT2D eigenvalue weighted by atomic mass is 10.1. The third-order valence-electron chi connectivity index (χ3n) is 4.20. The molecule has 0 fully saturated rings. The number of amides is 1. The lowest BCUT2D eigenvalue weighted by Crippen LogP contribution is -2.49. The number of carbonyl (C=O) groups excluding carboxylic acids is 1. The Morgan fingerprint density at radius 2 is 1.65 bits per heavy atom. The quantitative estimate of drug-likeness (QED) is 0.0921. The summed E-state index contributed by atoms with van der Waals surface area (Å²) in [6.45, 7) is 4.67. The molecule has 0 aliphatic carbocycles. The first-order valence-electron chi connectivity index (χ1n) is 9.65. The number of rotatable bonds is 16. The predicted molar refractivity (Wildman–Crippen MR) is 103 cm³/mol. The van der Waals surface area contributed by atoms with Gasteiger partial charge in [-0.2, -0.15) is 0 Å². The Kier molecular flexibility index (Phi) is 14.2. The Hall–Kier alpha value is -1.90. The first-order valence-corrected chi connectivity index (χ1v) is 9.65. The number of carbonyl (C=O) groups is 1. The molecule has 1 unspecified atom stereocenters. The van der Waals surface area contributed by atoms with E-state index in [0.29, 0.717) is 13.0 Å². The van der Waals surface area contributed by atoms with E-state index in [-0.39, 0.29) is 6.04 Å². The molecule has 6 N–H and O–H groups in total. The Balaban J connectivity index is 3.84. The molecule has 152 valence electrons. The molecule has 0 aromatic carbocycles. The van der Waals surface area contributed by atoms with Crippen LogP contribution in [0.15, 0.2) is 0 Å². The van der Waals surface area contributed by atoms with Crippen molar-refractivity contribution in [2.24, 2.45) is 5.73 Å². The maximum Gasteiger partial charge on any atom is 0.251 e. The number of hydrogen-bond donors (Lipinski definition) is 5. The number of nitrogens with one attached hydrogen (secondary N) is 4. The van der Waals surface area contributed by atoms with Crippen molar-refractivity contribution < 1.29 is 9.83 Å². The average molecular weight is 373 g/mol. The Morgan fingerprint density at radius 3 is 2.15 bits per heavy atom. The fourth-order valence-corrected chi connectivity index (χ4v) is 2.79. The molecular formula is C17H36N6O3. The third kappa shape index (κ3) is 14.4. The van der Waals surface area contributed by atoms with Gasteiger partial charge in [-0.15, -0.1) is 0 Å². The van der Waals surface area contributed by atoms with Crippen LogP contribution in [0.1, 0.15) is 78.1 Å². The topological polar surface area (TPSA) is 146 Å². The second kappa shape index (κ2) is 15.4. The van der Waals surface area contributed by atoms with Crippen LogP contribution >= 0.6 is 0 Å². The van der Waals surface area contributed by atoms with Crippen LogP contribution in [0.25, 0.3) is 0 Å². The van der Waals surface area contributed by atoms with Gasteiger partial charge < -0.3 is 16.4 Å². The minimum atomic E-state index is -0.810. The largest absolute Gasteiger partial charge is 0.368 e. The van der Waals surface area contributed by atoms with Gasteiger partial charge in [0, 0.05) is 6.04 Å². The van der Waals surface area contributed by atoms with Crippen LogP contribution in [0.2, 0.25) is 0 Å². The van der Waals surface area contributed by atoms with E-state index in [9.17, 15) is 14.9 Å². The molecule has 0 aromatic rings. The summed E-state index contributed by atoms with van der Waals surface area (Å²) in [6, 6.07) is -0.821. The summed E-state index contributed by atoms with van der Waals surface area (Å²) in [4.78, 5) is 21.8. The van der Waals surface area contributed by atoms with Gasteiger partial charge in [0.05, 0.1) is 6.04 Å². The molecule has 0 aromatic heterocycles. The molecule has 9 heteroatoms. The van der Waals surface area contributed by atoms with Gasteiger partial charge >= 0.3 is 0 Å². The first-order chi connectivity index (χ1) is 12.4. The molecule has 0 saturated heterocycles. The maximum absolute atomic E-state index is 11.5. The molecule has 0 heterocycles. The van der Waals surface area contributed by atoms with Gasteiger partial charge in [0.15, 0.2) is 5.03 Å². The van der Waals surface area contributed by atoms with E-state index in [1.165, 1.54) is 44.9 Å². The van der Waals surface area contributed by atoms with Crippen LogP contribution in [0.3, 0.4) is 0 Å². The van der Waals surface area contributed by atoms with Crippen LogP contribution in [0.5, 0.6) is 0 Å². The van der Waals surface area contributed by atoms with Crippen LogP contribution in [-0.4, -0.2) is 35.5 Å². The second-order valence-corrected chi connectivity index (χ2v) is 6.76. The van der Waals surface area contributed by atoms with Gasteiger partial charge in [0.25, 0.3) is 5.96 Å². The van der Waals surface area contributed by atoms with Gasteiger partial charge in [-0.3, -0.25) is 10.2 Å². The minimum absolute atomic E-state index is 0.303. The lowest BCUT2D eigenvalue weighted by molar-refractivity contribution is -0.525. The van der Waals surface area contributed by atoms with Gasteiger partial charge in [0.2, 0.25) is 5.91 Å². The highest BCUT2D eigenvalue weighted by Gasteiger charge is 2.19. The zero-order chi connectivity index (χ0) is 19.8. The Bertz CT molecular complexity index is 419. The zero-order valence-corrected chi connectivity index (χ0v) is 16.2. The molecule has 0 spiro atoms. The van der Waals surface area contributed by atoms with E-state index in [0.717, 1.165) is 12.8 Å². The van der Waals surface area contributed by atoms with Crippen molar-refractivity contribution in [3.05, 3.63) is 10.1 Å². The zero-order valence-electron chi connectivity index (χ0n) is 16.2. The van der Waals surface area contributed by atoms with Crippen LogP contribution in [0, 0.1) is 15.5 Å². The summed E-state index contributed by atoms with van der Waals surface area (Å²) < 4.78 is 0. The molecule has 1 amide bonds. The summed E-state index contributed by atoms with van der Waals surface area (Å²) >= 11 is 0. The lowest BCUT2D eigenvalue weighted by Gasteiger charge is -2.20. The molecule has 26 heavy (non-hydrogen) atoms. The number of unbranched alkanes of at least 4 members (excludes halogenated alkanes) is 8. The molecule has 0 saturated carbocycles. The average Bonchev–Trinajstić information content (AvgIpc) is 2.54. The molecule has 0 rings (SSSR count). The van der Waals surface area contributed by atoms with Crippen molar-refractivity contribution >= 4 is 11.9 Å². The number of primary amides is 1. The van der Waals surface area contributed by atoms with Crippen molar-refractivity contribution in [1.82, 2.24) is 16.1 Å². The van der Waals surface area contributed by atoms with E-state index in [1.54, 1.807) is 12.3 Å². The van der Waals surface area contributed by atoms with Crippen molar-refractivity contribution in [3.8, 4) is 0 Å². The summed E-state index contributed by atoms with van der Waals surface area (Å²) in [6.07, 6.45) is 11.5. The summed E-state index contributed by atoms with van der Waals surface area (Å²) in [5.41, 5.74) is 7.13. The summed E-state index contributed by atoms with van der Waals surface area (Å²) in [5.74, 6) is -0.868. The number of nitrogens with two attached hydrogens (primary N) is 1. The highest BCUT2D eigenvalue weighted by molar-refractivity contribution is 5.80.